The Morgan fingerprint density at radius 3 is 2.56 bits per heavy atom. The van der Waals surface area contributed by atoms with Crippen molar-refractivity contribution in [2.45, 2.75) is 46.6 Å². The van der Waals surface area contributed by atoms with Crippen molar-refractivity contribution in [1.29, 1.82) is 0 Å². The van der Waals surface area contributed by atoms with Gasteiger partial charge in [0.1, 0.15) is 5.75 Å². The molecule has 0 aliphatic rings. The fraction of sp³-hybridized carbons (Fsp3) is 0.600. The Morgan fingerprint density at radius 1 is 1.33 bits per heavy atom. The third kappa shape index (κ3) is 4.99. The van der Waals surface area contributed by atoms with E-state index in [0.717, 1.165) is 29.4 Å². The fourth-order valence-corrected chi connectivity index (χ4v) is 2.28. The smallest absolute Gasteiger partial charge is 0.120 e. The third-order valence-corrected chi connectivity index (χ3v) is 3.53. The van der Waals surface area contributed by atoms with Gasteiger partial charge in [0.25, 0.3) is 0 Å². The number of hydrogen-bond acceptors (Lipinski definition) is 2. The highest BCUT2D eigenvalue weighted by Gasteiger charge is 2.15. The summed E-state index contributed by atoms with van der Waals surface area (Å²) in [5, 5.41) is 13.5. The molecule has 0 bridgehead atoms. The third-order valence-electron chi connectivity index (χ3n) is 3.04. The van der Waals surface area contributed by atoms with Crippen LogP contribution >= 0.6 is 15.9 Å². The SMILES string of the molecule is CCC(NCCC(C)(C)C)c1cc(Br)ccc1O. The molecular formula is C15H24BrNO. The summed E-state index contributed by atoms with van der Waals surface area (Å²) in [6, 6.07) is 5.81. The summed E-state index contributed by atoms with van der Waals surface area (Å²) in [6.45, 7) is 9.83. The van der Waals surface area contributed by atoms with E-state index in [1.807, 2.05) is 12.1 Å². The molecule has 0 amide bonds. The molecule has 0 aliphatic heterocycles. The fourth-order valence-electron chi connectivity index (χ4n) is 1.90. The number of rotatable bonds is 5. The van der Waals surface area contributed by atoms with Crippen molar-refractivity contribution >= 4 is 15.9 Å². The number of aromatic hydroxyl groups is 1. The normalized spacial score (nSPS) is 13.6. The van der Waals surface area contributed by atoms with Crippen LogP contribution in [0.5, 0.6) is 5.75 Å². The average Bonchev–Trinajstić information content (AvgIpc) is 2.27. The van der Waals surface area contributed by atoms with Crippen LogP contribution in [0.3, 0.4) is 0 Å². The Kier molecular flexibility index (Phi) is 5.67. The molecule has 1 aromatic carbocycles. The lowest BCUT2D eigenvalue weighted by molar-refractivity contribution is 0.350. The molecule has 2 N–H and O–H groups in total. The van der Waals surface area contributed by atoms with Gasteiger partial charge in [-0.2, -0.15) is 0 Å². The van der Waals surface area contributed by atoms with E-state index in [-0.39, 0.29) is 6.04 Å². The minimum Gasteiger partial charge on any atom is -0.508 e. The Morgan fingerprint density at radius 2 is 2.00 bits per heavy atom. The minimum atomic E-state index is 0.213. The molecule has 0 aromatic heterocycles. The molecule has 1 rings (SSSR count). The molecule has 0 heterocycles. The molecule has 0 saturated carbocycles. The predicted octanol–water partition coefficient (Wildman–Crippen LogP) is 4.63. The average molecular weight is 314 g/mol. The highest BCUT2D eigenvalue weighted by atomic mass is 79.9. The van der Waals surface area contributed by atoms with E-state index in [1.165, 1.54) is 0 Å². The van der Waals surface area contributed by atoms with Crippen molar-refractivity contribution in [3.8, 4) is 5.75 Å². The number of phenols is 1. The summed E-state index contributed by atoms with van der Waals surface area (Å²) in [7, 11) is 0. The van der Waals surface area contributed by atoms with E-state index < -0.39 is 0 Å². The zero-order valence-corrected chi connectivity index (χ0v) is 13.3. The summed E-state index contributed by atoms with van der Waals surface area (Å²) < 4.78 is 1.01. The van der Waals surface area contributed by atoms with Crippen LogP contribution in [-0.2, 0) is 0 Å². The molecular weight excluding hydrogens is 290 g/mol. The molecule has 0 spiro atoms. The van der Waals surface area contributed by atoms with Crippen LogP contribution in [0.15, 0.2) is 22.7 Å². The van der Waals surface area contributed by atoms with Gasteiger partial charge in [-0.25, -0.2) is 0 Å². The van der Waals surface area contributed by atoms with Gasteiger partial charge in [-0.05, 0) is 43.0 Å². The van der Waals surface area contributed by atoms with Crippen LogP contribution in [-0.4, -0.2) is 11.7 Å². The monoisotopic (exact) mass is 313 g/mol. The van der Waals surface area contributed by atoms with E-state index in [1.54, 1.807) is 6.07 Å². The van der Waals surface area contributed by atoms with Crippen LogP contribution in [0.4, 0.5) is 0 Å². The van der Waals surface area contributed by atoms with Gasteiger partial charge in [0.2, 0.25) is 0 Å². The topological polar surface area (TPSA) is 32.3 Å². The van der Waals surface area contributed by atoms with E-state index in [2.05, 4.69) is 48.9 Å². The molecule has 0 aliphatic carbocycles. The molecule has 3 heteroatoms. The van der Waals surface area contributed by atoms with E-state index in [9.17, 15) is 5.11 Å². The van der Waals surface area contributed by atoms with Crippen molar-refractivity contribution in [2.24, 2.45) is 5.41 Å². The van der Waals surface area contributed by atoms with Crippen molar-refractivity contribution in [2.75, 3.05) is 6.54 Å². The van der Waals surface area contributed by atoms with Crippen LogP contribution < -0.4 is 5.32 Å². The van der Waals surface area contributed by atoms with E-state index in [4.69, 9.17) is 0 Å². The highest BCUT2D eigenvalue weighted by Crippen LogP contribution is 2.29. The van der Waals surface area contributed by atoms with Crippen molar-refractivity contribution in [3.63, 3.8) is 0 Å². The molecule has 18 heavy (non-hydrogen) atoms. The number of nitrogens with one attached hydrogen (secondary N) is 1. The Labute approximate surface area is 119 Å². The van der Waals surface area contributed by atoms with Crippen LogP contribution in [0.2, 0.25) is 0 Å². The molecule has 0 fully saturated rings. The Balaban J connectivity index is 2.68. The Bertz CT molecular complexity index is 385. The molecule has 1 unspecified atom stereocenters. The van der Waals surface area contributed by atoms with E-state index in [0.29, 0.717) is 11.2 Å². The zero-order chi connectivity index (χ0) is 13.8. The van der Waals surface area contributed by atoms with Gasteiger partial charge in [-0.1, -0.05) is 43.6 Å². The summed E-state index contributed by atoms with van der Waals surface area (Å²) in [5.41, 5.74) is 1.31. The lowest BCUT2D eigenvalue weighted by Crippen LogP contribution is -2.25. The summed E-state index contributed by atoms with van der Waals surface area (Å²) in [6.07, 6.45) is 2.09. The number of hydrogen-bond donors (Lipinski definition) is 2. The summed E-state index contributed by atoms with van der Waals surface area (Å²) in [4.78, 5) is 0. The minimum absolute atomic E-state index is 0.213. The van der Waals surface area contributed by atoms with Gasteiger partial charge in [-0.15, -0.1) is 0 Å². The van der Waals surface area contributed by atoms with Crippen LogP contribution in [0.25, 0.3) is 0 Å². The highest BCUT2D eigenvalue weighted by molar-refractivity contribution is 9.10. The van der Waals surface area contributed by atoms with Crippen LogP contribution in [0.1, 0.15) is 52.1 Å². The number of phenolic OH excluding ortho intramolecular Hbond substituents is 1. The molecule has 102 valence electrons. The second-order valence-corrected chi connectivity index (χ2v) is 6.84. The maximum atomic E-state index is 9.93. The first-order valence-corrected chi connectivity index (χ1v) is 7.34. The molecule has 1 atom stereocenters. The molecule has 0 radical (unpaired) electrons. The summed E-state index contributed by atoms with van der Waals surface area (Å²) >= 11 is 3.45. The first-order valence-electron chi connectivity index (χ1n) is 6.55. The molecule has 1 aromatic rings. The van der Waals surface area contributed by atoms with Crippen LogP contribution in [0, 0.1) is 5.41 Å². The Hall–Kier alpha value is -0.540. The van der Waals surface area contributed by atoms with Gasteiger partial charge < -0.3 is 10.4 Å². The maximum Gasteiger partial charge on any atom is 0.120 e. The number of halogens is 1. The van der Waals surface area contributed by atoms with Gasteiger partial charge in [0.15, 0.2) is 0 Å². The largest absolute Gasteiger partial charge is 0.508 e. The van der Waals surface area contributed by atoms with Gasteiger partial charge >= 0.3 is 0 Å². The standard InChI is InChI=1S/C15H24BrNO/c1-5-13(17-9-8-15(2,3)4)12-10-11(16)6-7-14(12)18/h6-7,10,13,17-18H,5,8-9H2,1-4H3. The lowest BCUT2D eigenvalue weighted by atomic mass is 9.92. The first kappa shape index (κ1) is 15.5. The quantitative estimate of drug-likeness (QED) is 0.830. The van der Waals surface area contributed by atoms with Crippen molar-refractivity contribution < 1.29 is 5.11 Å². The van der Waals surface area contributed by atoms with Gasteiger partial charge in [0.05, 0.1) is 0 Å². The maximum absolute atomic E-state index is 9.93. The second kappa shape index (κ2) is 6.58. The lowest BCUT2D eigenvalue weighted by Gasteiger charge is -2.23. The second-order valence-electron chi connectivity index (χ2n) is 5.93. The van der Waals surface area contributed by atoms with Gasteiger partial charge in [0, 0.05) is 16.1 Å². The predicted molar refractivity (Wildman–Crippen MR) is 80.9 cm³/mol. The first-order chi connectivity index (χ1) is 8.33. The number of benzene rings is 1. The zero-order valence-electron chi connectivity index (χ0n) is 11.8. The molecule has 2 nitrogen and oxygen atoms in total. The van der Waals surface area contributed by atoms with Crippen molar-refractivity contribution in [1.82, 2.24) is 5.32 Å². The molecule has 0 saturated heterocycles. The van der Waals surface area contributed by atoms with E-state index >= 15 is 0 Å². The van der Waals surface area contributed by atoms with Crippen molar-refractivity contribution in [3.05, 3.63) is 28.2 Å². The summed E-state index contributed by atoms with van der Waals surface area (Å²) in [5.74, 6) is 0.369. The van der Waals surface area contributed by atoms with Gasteiger partial charge in [-0.3, -0.25) is 0 Å².